The molecule has 4 nitrogen and oxygen atoms in total. The first-order valence-corrected chi connectivity index (χ1v) is 7.85. The van der Waals surface area contributed by atoms with Gasteiger partial charge in [-0.1, -0.05) is 59.6 Å². The number of fused-ring (bicyclic) bond motifs is 1. The number of amides is 2. The third-order valence-corrected chi connectivity index (χ3v) is 4.05. The van der Waals surface area contributed by atoms with Gasteiger partial charge in [-0.15, -0.1) is 0 Å². The molecule has 0 bridgehead atoms. The van der Waals surface area contributed by atoms with E-state index in [0.717, 1.165) is 10.8 Å². The highest BCUT2D eigenvalue weighted by Gasteiger charge is 2.13. The fourth-order valence-electron chi connectivity index (χ4n) is 2.35. The van der Waals surface area contributed by atoms with E-state index in [-0.39, 0.29) is 10.6 Å². The third kappa shape index (κ3) is 3.35. The van der Waals surface area contributed by atoms with Gasteiger partial charge < -0.3 is 0 Å². The number of carbonyl (C=O) groups excluding carboxylic acids is 2. The molecule has 2 amide bonds. The molecule has 24 heavy (non-hydrogen) atoms. The molecule has 0 unspecified atom stereocenters. The molecule has 0 fully saturated rings. The minimum absolute atomic E-state index is 0.208. The molecule has 2 N–H and O–H groups in total. The van der Waals surface area contributed by atoms with Crippen LogP contribution in [-0.2, 0) is 0 Å². The number of rotatable bonds is 2. The molecule has 0 radical (unpaired) electrons. The first-order valence-electron chi connectivity index (χ1n) is 7.10. The highest BCUT2D eigenvalue weighted by Crippen LogP contribution is 2.21. The van der Waals surface area contributed by atoms with Crippen LogP contribution in [-0.4, -0.2) is 11.8 Å². The summed E-state index contributed by atoms with van der Waals surface area (Å²) in [5.41, 5.74) is 5.45. The standard InChI is InChI=1S/C18H12Cl2N2O2/c19-12-8-9-15(16(20)10-12)18(24)22-21-17(23)14-7-3-5-11-4-1-2-6-13(11)14/h1-10H,(H,21,23)(H,22,24). The molecule has 3 rings (SSSR count). The normalized spacial score (nSPS) is 10.4. The number of hydrogen-bond acceptors (Lipinski definition) is 2. The maximum Gasteiger partial charge on any atom is 0.271 e. The summed E-state index contributed by atoms with van der Waals surface area (Å²) in [6, 6.07) is 17.4. The Morgan fingerprint density at radius 1 is 0.750 bits per heavy atom. The molecule has 0 saturated heterocycles. The van der Waals surface area contributed by atoms with Crippen LogP contribution in [0.2, 0.25) is 10.0 Å². The molecular weight excluding hydrogens is 347 g/mol. The third-order valence-electron chi connectivity index (χ3n) is 3.50. The summed E-state index contributed by atoms with van der Waals surface area (Å²) >= 11 is 11.8. The van der Waals surface area contributed by atoms with Crippen LogP contribution in [0, 0.1) is 0 Å². The zero-order valence-corrected chi connectivity index (χ0v) is 13.9. The average molecular weight is 359 g/mol. The van der Waals surface area contributed by atoms with Crippen molar-refractivity contribution in [1.29, 1.82) is 0 Å². The van der Waals surface area contributed by atoms with E-state index in [1.807, 2.05) is 30.3 Å². The lowest BCUT2D eigenvalue weighted by molar-refractivity contribution is 0.0847. The Balaban J connectivity index is 1.76. The van der Waals surface area contributed by atoms with Crippen molar-refractivity contribution in [3.05, 3.63) is 81.8 Å². The predicted octanol–water partition coefficient (Wildman–Crippen LogP) is 4.22. The quantitative estimate of drug-likeness (QED) is 0.673. The summed E-state index contributed by atoms with van der Waals surface area (Å²) < 4.78 is 0. The number of benzene rings is 3. The molecule has 0 aliphatic carbocycles. The van der Waals surface area contributed by atoms with Gasteiger partial charge in [0.25, 0.3) is 11.8 Å². The van der Waals surface area contributed by atoms with Crippen LogP contribution in [0.3, 0.4) is 0 Å². The van der Waals surface area contributed by atoms with Gasteiger partial charge >= 0.3 is 0 Å². The summed E-state index contributed by atoms with van der Waals surface area (Å²) in [6.07, 6.45) is 0. The van der Waals surface area contributed by atoms with E-state index in [9.17, 15) is 9.59 Å². The van der Waals surface area contributed by atoms with E-state index in [2.05, 4.69) is 10.9 Å². The molecule has 0 atom stereocenters. The zero-order chi connectivity index (χ0) is 17.1. The van der Waals surface area contributed by atoms with Gasteiger partial charge in [0.2, 0.25) is 0 Å². The van der Waals surface area contributed by atoms with E-state index >= 15 is 0 Å². The predicted molar refractivity (Wildman–Crippen MR) is 95.3 cm³/mol. The molecular formula is C18H12Cl2N2O2. The van der Waals surface area contributed by atoms with Crippen LogP contribution in [0.4, 0.5) is 0 Å². The maximum absolute atomic E-state index is 12.4. The topological polar surface area (TPSA) is 58.2 Å². The Kier molecular flexibility index (Phi) is 4.69. The Morgan fingerprint density at radius 3 is 2.17 bits per heavy atom. The maximum atomic E-state index is 12.4. The van der Waals surface area contributed by atoms with Crippen molar-refractivity contribution in [3.63, 3.8) is 0 Å². The van der Waals surface area contributed by atoms with Gasteiger partial charge in [-0.3, -0.25) is 20.4 Å². The number of carbonyl (C=O) groups is 2. The Morgan fingerprint density at radius 2 is 1.42 bits per heavy atom. The van der Waals surface area contributed by atoms with Gasteiger partial charge in [-0.2, -0.15) is 0 Å². The molecule has 6 heteroatoms. The van der Waals surface area contributed by atoms with Crippen LogP contribution < -0.4 is 10.9 Å². The van der Waals surface area contributed by atoms with E-state index < -0.39 is 11.8 Å². The van der Waals surface area contributed by atoms with Crippen molar-refractivity contribution in [2.75, 3.05) is 0 Å². The van der Waals surface area contributed by atoms with Gasteiger partial charge in [0.15, 0.2) is 0 Å². The second-order valence-electron chi connectivity index (χ2n) is 5.06. The minimum atomic E-state index is -0.523. The summed E-state index contributed by atoms with van der Waals surface area (Å²) in [5, 5.41) is 2.38. The van der Waals surface area contributed by atoms with Crippen LogP contribution in [0.25, 0.3) is 10.8 Å². The number of nitrogens with one attached hydrogen (secondary N) is 2. The minimum Gasteiger partial charge on any atom is -0.267 e. The van der Waals surface area contributed by atoms with Crippen molar-refractivity contribution in [2.45, 2.75) is 0 Å². The lowest BCUT2D eigenvalue weighted by Crippen LogP contribution is -2.41. The Bertz CT molecular complexity index is 936. The summed E-state index contributed by atoms with van der Waals surface area (Å²) in [7, 11) is 0. The van der Waals surface area contributed by atoms with E-state index in [1.165, 1.54) is 12.1 Å². The molecule has 0 aromatic heterocycles. The SMILES string of the molecule is O=C(NNC(=O)c1cccc2ccccc12)c1ccc(Cl)cc1Cl. The lowest BCUT2D eigenvalue weighted by Gasteiger charge is -2.10. The largest absolute Gasteiger partial charge is 0.271 e. The summed E-state index contributed by atoms with van der Waals surface area (Å²) in [5.74, 6) is -0.935. The monoisotopic (exact) mass is 358 g/mol. The van der Waals surface area contributed by atoms with Gasteiger partial charge in [0, 0.05) is 10.6 Å². The smallest absolute Gasteiger partial charge is 0.267 e. The molecule has 0 spiro atoms. The second kappa shape index (κ2) is 6.91. The molecule has 0 aliphatic heterocycles. The van der Waals surface area contributed by atoms with Gasteiger partial charge in [-0.25, -0.2) is 0 Å². The average Bonchev–Trinajstić information content (AvgIpc) is 2.59. The van der Waals surface area contributed by atoms with E-state index in [1.54, 1.807) is 18.2 Å². The molecule has 0 aliphatic rings. The fraction of sp³-hybridized carbons (Fsp3) is 0. The van der Waals surface area contributed by atoms with Gasteiger partial charge in [-0.05, 0) is 35.0 Å². The van der Waals surface area contributed by atoms with Crippen LogP contribution in [0.1, 0.15) is 20.7 Å². The van der Waals surface area contributed by atoms with Crippen LogP contribution >= 0.6 is 23.2 Å². The highest BCUT2D eigenvalue weighted by molar-refractivity contribution is 6.36. The van der Waals surface area contributed by atoms with Crippen molar-refractivity contribution < 1.29 is 9.59 Å². The van der Waals surface area contributed by atoms with Crippen molar-refractivity contribution in [1.82, 2.24) is 10.9 Å². The van der Waals surface area contributed by atoms with E-state index in [0.29, 0.717) is 10.6 Å². The van der Waals surface area contributed by atoms with Crippen LogP contribution in [0.5, 0.6) is 0 Å². The zero-order valence-electron chi connectivity index (χ0n) is 12.3. The van der Waals surface area contributed by atoms with Gasteiger partial charge in [0.1, 0.15) is 0 Å². The molecule has 0 saturated carbocycles. The summed E-state index contributed by atoms with van der Waals surface area (Å²) in [4.78, 5) is 24.5. The molecule has 3 aromatic carbocycles. The van der Waals surface area contributed by atoms with E-state index in [4.69, 9.17) is 23.2 Å². The number of hydrazine groups is 1. The Labute approximate surface area is 148 Å². The highest BCUT2D eigenvalue weighted by atomic mass is 35.5. The Hall–Kier alpha value is -2.56. The molecule has 0 heterocycles. The van der Waals surface area contributed by atoms with Crippen molar-refractivity contribution in [3.8, 4) is 0 Å². The number of hydrogen-bond donors (Lipinski definition) is 2. The van der Waals surface area contributed by atoms with Gasteiger partial charge in [0.05, 0.1) is 10.6 Å². The second-order valence-corrected chi connectivity index (χ2v) is 5.90. The molecule has 120 valence electrons. The van der Waals surface area contributed by atoms with Crippen LogP contribution in [0.15, 0.2) is 60.7 Å². The van der Waals surface area contributed by atoms with Crippen molar-refractivity contribution >= 4 is 45.8 Å². The lowest BCUT2D eigenvalue weighted by atomic mass is 10.0. The fourth-order valence-corrected chi connectivity index (χ4v) is 2.84. The van der Waals surface area contributed by atoms with Crippen molar-refractivity contribution in [2.24, 2.45) is 0 Å². The first-order chi connectivity index (χ1) is 11.6. The summed E-state index contributed by atoms with van der Waals surface area (Å²) in [6.45, 7) is 0. The first kappa shape index (κ1) is 16.3. The molecule has 3 aromatic rings. The number of halogens is 2.